The molecule has 11 heavy (non-hydrogen) atoms. The Hall–Kier alpha value is -0.960. The van der Waals surface area contributed by atoms with Crippen molar-refractivity contribution in [2.75, 3.05) is 20.1 Å². The minimum absolute atomic E-state index is 0.935. The van der Waals surface area contributed by atoms with Crippen LogP contribution in [0.15, 0.2) is 24.6 Å². The summed E-state index contributed by atoms with van der Waals surface area (Å²) in [4.78, 5) is 2.13. The quantitative estimate of drug-likeness (QED) is 0.558. The first-order valence-corrected chi connectivity index (χ1v) is 3.82. The molecule has 0 spiro atoms. The molecular weight excluding hydrogens is 138 g/mol. The lowest BCUT2D eigenvalue weighted by Gasteiger charge is -2.35. The summed E-state index contributed by atoms with van der Waals surface area (Å²) in [6.45, 7) is 5.65. The van der Waals surface area contributed by atoms with Crippen molar-refractivity contribution in [2.24, 2.45) is 5.84 Å². The molecule has 1 aliphatic heterocycles. The van der Waals surface area contributed by atoms with Crippen LogP contribution in [-0.2, 0) is 0 Å². The number of hydrazine groups is 1. The summed E-state index contributed by atoms with van der Waals surface area (Å²) in [6.07, 6.45) is 4.82. The van der Waals surface area contributed by atoms with Gasteiger partial charge >= 0.3 is 0 Å². The summed E-state index contributed by atoms with van der Waals surface area (Å²) >= 11 is 0. The van der Waals surface area contributed by atoms with Crippen molar-refractivity contribution in [3.05, 3.63) is 24.6 Å². The van der Waals surface area contributed by atoms with Crippen LogP contribution < -0.4 is 5.84 Å². The first-order valence-electron chi connectivity index (χ1n) is 3.82. The molecule has 0 bridgehead atoms. The lowest BCUT2D eigenvalue weighted by molar-refractivity contribution is 0.185. The average molecular weight is 153 g/mol. The molecule has 0 radical (unpaired) electrons. The van der Waals surface area contributed by atoms with Gasteiger partial charge in [0.15, 0.2) is 0 Å². The maximum Gasteiger partial charge on any atom is 0.118 e. The largest absolute Gasteiger partial charge is 0.360 e. The smallest absolute Gasteiger partial charge is 0.118 e. The lowest BCUT2D eigenvalue weighted by atomic mass is 10.3. The van der Waals surface area contributed by atoms with E-state index in [4.69, 9.17) is 5.84 Å². The van der Waals surface area contributed by atoms with Gasteiger partial charge in [-0.05, 0) is 12.5 Å². The van der Waals surface area contributed by atoms with Crippen LogP contribution in [0.2, 0.25) is 0 Å². The van der Waals surface area contributed by atoms with E-state index in [1.807, 2.05) is 13.1 Å². The second-order valence-corrected chi connectivity index (χ2v) is 2.73. The van der Waals surface area contributed by atoms with E-state index in [1.165, 1.54) is 0 Å². The maximum atomic E-state index is 5.73. The molecule has 1 saturated heterocycles. The van der Waals surface area contributed by atoms with Crippen molar-refractivity contribution in [2.45, 2.75) is 6.42 Å². The number of rotatable bonds is 1. The summed E-state index contributed by atoms with van der Waals surface area (Å²) < 4.78 is 0. The maximum absolute atomic E-state index is 5.73. The third-order valence-electron chi connectivity index (χ3n) is 1.84. The average Bonchev–Trinajstić information content (AvgIpc) is 1.97. The Bertz CT molecular complexity index is 162. The molecule has 1 heterocycles. The van der Waals surface area contributed by atoms with Crippen LogP contribution >= 0.6 is 0 Å². The van der Waals surface area contributed by atoms with E-state index in [9.17, 15) is 0 Å². The third-order valence-corrected chi connectivity index (χ3v) is 1.84. The fourth-order valence-corrected chi connectivity index (χ4v) is 1.25. The minimum Gasteiger partial charge on any atom is -0.360 e. The number of nitrogens with two attached hydrogens (primary N) is 1. The fraction of sp³-hybridized carbons (Fsp3) is 0.500. The van der Waals surface area contributed by atoms with E-state index >= 15 is 0 Å². The Labute approximate surface area is 67.7 Å². The molecule has 0 aromatic heterocycles. The summed E-state index contributed by atoms with van der Waals surface area (Å²) in [6, 6.07) is 0. The summed E-state index contributed by atoms with van der Waals surface area (Å²) in [5.41, 5.74) is 0. The summed E-state index contributed by atoms with van der Waals surface area (Å²) in [5, 5.41) is 1.76. The van der Waals surface area contributed by atoms with E-state index in [0.29, 0.717) is 0 Å². The fourth-order valence-electron chi connectivity index (χ4n) is 1.25. The molecule has 0 aromatic rings. The van der Waals surface area contributed by atoms with Gasteiger partial charge in [-0.2, -0.15) is 0 Å². The lowest BCUT2D eigenvalue weighted by Crippen LogP contribution is -2.44. The van der Waals surface area contributed by atoms with E-state index in [1.54, 1.807) is 11.1 Å². The van der Waals surface area contributed by atoms with Crippen molar-refractivity contribution in [3.63, 3.8) is 0 Å². The molecule has 1 rings (SSSR count). The first-order chi connectivity index (χ1) is 5.25. The molecule has 3 nitrogen and oxygen atoms in total. The normalized spacial score (nSPS) is 22.5. The van der Waals surface area contributed by atoms with Gasteiger partial charge in [0, 0.05) is 20.1 Å². The molecule has 0 atom stereocenters. The first kappa shape index (κ1) is 8.14. The van der Waals surface area contributed by atoms with Gasteiger partial charge < -0.3 is 4.90 Å². The standard InChI is InChI=1S/C8H15N3/c1-3-5-8-10(2)6-4-7-11(8)9/h3,5H,1,4,6-7,9H2,2H3/b8-5-. The van der Waals surface area contributed by atoms with Gasteiger partial charge in [-0.15, -0.1) is 0 Å². The van der Waals surface area contributed by atoms with Crippen LogP contribution in [0, 0.1) is 0 Å². The summed E-state index contributed by atoms with van der Waals surface area (Å²) in [5.74, 6) is 6.78. The van der Waals surface area contributed by atoms with E-state index in [2.05, 4.69) is 11.5 Å². The van der Waals surface area contributed by atoms with Crippen molar-refractivity contribution in [3.8, 4) is 0 Å². The van der Waals surface area contributed by atoms with Crippen LogP contribution in [0.25, 0.3) is 0 Å². The second-order valence-electron chi connectivity index (χ2n) is 2.73. The molecule has 3 heteroatoms. The molecule has 2 N–H and O–H groups in total. The van der Waals surface area contributed by atoms with Crippen LogP contribution in [0.3, 0.4) is 0 Å². The van der Waals surface area contributed by atoms with Gasteiger partial charge in [-0.25, -0.2) is 5.84 Å². The Kier molecular flexibility index (Phi) is 2.54. The van der Waals surface area contributed by atoms with Gasteiger partial charge in [0.1, 0.15) is 5.82 Å². The molecule has 0 aliphatic carbocycles. The van der Waals surface area contributed by atoms with Gasteiger partial charge in [0.25, 0.3) is 0 Å². The molecule has 62 valence electrons. The van der Waals surface area contributed by atoms with Crippen molar-refractivity contribution in [1.29, 1.82) is 0 Å². The van der Waals surface area contributed by atoms with E-state index in [0.717, 1.165) is 25.3 Å². The molecule has 1 fully saturated rings. The third kappa shape index (κ3) is 1.74. The second kappa shape index (κ2) is 3.44. The predicted molar refractivity (Wildman–Crippen MR) is 46.4 cm³/mol. The van der Waals surface area contributed by atoms with Crippen molar-refractivity contribution >= 4 is 0 Å². The predicted octanol–water partition coefficient (Wildman–Crippen LogP) is 0.525. The van der Waals surface area contributed by atoms with E-state index < -0.39 is 0 Å². The Morgan fingerprint density at radius 1 is 1.55 bits per heavy atom. The van der Waals surface area contributed by atoms with Crippen molar-refractivity contribution in [1.82, 2.24) is 9.91 Å². The van der Waals surface area contributed by atoms with Gasteiger partial charge in [0.05, 0.1) is 0 Å². The molecule has 0 amide bonds. The zero-order valence-electron chi connectivity index (χ0n) is 6.95. The zero-order chi connectivity index (χ0) is 8.27. The van der Waals surface area contributed by atoms with Crippen LogP contribution in [0.4, 0.5) is 0 Å². The Morgan fingerprint density at radius 2 is 2.27 bits per heavy atom. The number of hydrogen-bond donors (Lipinski definition) is 1. The Balaban J connectivity index is 2.70. The number of nitrogens with zero attached hydrogens (tertiary/aromatic N) is 2. The minimum atomic E-state index is 0.935. The highest BCUT2D eigenvalue weighted by Gasteiger charge is 2.14. The summed E-state index contributed by atoms with van der Waals surface area (Å²) in [7, 11) is 2.04. The molecule has 0 unspecified atom stereocenters. The van der Waals surface area contributed by atoms with Crippen LogP contribution in [0.1, 0.15) is 6.42 Å². The molecular formula is C8H15N3. The monoisotopic (exact) mass is 153 g/mol. The zero-order valence-corrected chi connectivity index (χ0v) is 6.95. The molecule has 1 aliphatic rings. The van der Waals surface area contributed by atoms with Crippen LogP contribution in [0.5, 0.6) is 0 Å². The highest BCUT2D eigenvalue weighted by molar-refractivity contribution is 5.08. The van der Waals surface area contributed by atoms with Gasteiger partial charge in [0.2, 0.25) is 0 Å². The van der Waals surface area contributed by atoms with Gasteiger partial charge in [-0.1, -0.05) is 12.7 Å². The SMILES string of the molecule is C=C/C=C1/N(C)CCCN1N. The molecule has 0 aromatic carbocycles. The highest BCUT2D eigenvalue weighted by atomic mass is 15.5. The van der Waals surface area contributed by atoms with Crippen molar-refractivity contribution < 1.29 is 0 Å². The van der Waals surface area contributed by atoms with Gasteiger partial charge in [-0.3, -0.25) is 5.01 Å². The number of hydrogen-bond acceptors (Lipinski definition) is 3. The molecule has 0 saturated carbocycles. The van der Waals surface area contributed by atoms with Crippen LogP contribution in [-0.4, -0.2) is 30.0 Å². The highest BCUT2D eigenvalue weighted by Crippen LogP contribution is 2.11. The number of allylic oxidation sites excluding steroid dienone is 2. The van der Waals surface area contributed by atoms with E-state index in [-0.39, 0.29) is 0 Å². The Morgan fingerprint density at radius 3 is 2.82 bits per heavy atom. The topological polar surface area (TPSA) is 32.5 Å².